The zero-order valence-electron chi connectivity index (χ0n) is 19.5. The minimum atomic E-state index is -0.467. The van der Waals surface area contributed by atoms with Crippen LogP contribution in [0.2, 0.25) is 0 Å². The quantitative estimate of drug-likeness (QED) is 0.252. The predicted octanol–water partition coefficient (Wildman–Crippen LogP) is 4.26. The highest BCUT2D eigenvalue weighted by atomic mass is 16.6. The standard InChI is InChI=1S/C26H25NO4.CH3NO/c1-4-21-24(17(2)28)25-22(31-16-23(29)30-3)14-19-12-8-9-13-20(19)26(25)27(21)15-18-10-6-5-7-11-18;2-1-3/h5-14H,4,15-16H2,1-3H3;1H,(H2,2,3). The average Bonchev–Trinajstić information content (AvgIpc) is 3.18. The minimum Gasteiger partial charge on any atom is -0.481 e. The Labute approximate surface area is 198 Å². The molecule has 176 valence electrons. The molecule has 0 saturated carbocycles. The Bertz CT molecular complexity index is 1330. The first-order chi connectivity index (χ1) is 16.5. The number of rotatable bonds is 7. The fourth-order valence-corrected chi connectivity index (χ4v) is 4.24. The molecule has 0 aliphatic rings. The lowest BCUT2D eigenvalue weighted by atomic mass is 10.0. The van der Waals surface area contributed by atoms with Gasteiger partial charge in [-0.2, -0.15) is 0 Å². The van der Waals surface area contributed by atoms with E-state index in [9.17, 15) is 9.59 Å². The number of Topliss-reactive ketones (excluding diaryl/α,β-unsaturated/α-hetero) is 1. The van der Waals surface area contributed by atoms with Gasteiger partial charge in [0.05, 0.1) is 18.0 Å². The normalized spacial score (nSPS) is 10.4. The van der Waals surface area contributed by atoms with Gasteiger partial charge in [0.15, 0.2) is 12.4 Å². The zero-order valence-corrected chi connectivity index (χ0v) is 19.5. The lowest BCUT2D eigenvalue weighted by Crippen LogP contribution is -2.13. The zero-order chi connectivity index (χ0) is 24.7. The summed E-state index contributed by atoms with van der Waals surface area (Å²) in [4.78, 5) is 33.2. The van der Waals surface area contributed by atoms with E-state index < -0.39 is 5.97 Å². The summed E-state index contributed by atoms with van der Waals surface area (Å²) in [5, 5.41) is 2.78. The first kappa shape index (κ1) is 24.5. The molecule has 0 spiro atoms. The van der Waals surface area contributed by atoms with Gasteiger partial charge in [0.1, 0.15) is 5.75 Å². The third-order valence-electron chi connectivity index (χ3n) is 5.56. The van der Waals surface area contributed by atoms with E-state index in [1.54, 1.807) is 6.92 Å². The second-order valence-electron chi connectivity index (χ2n) is 7.62. The van der Waals surface area contributed by atoms with E-state index in [0.717, 1.165) is 32.9 Å². The van der Waals surface area contributed by atoms with E-state index in [2.05, 4.69) is 35.4 Å². The molecular formula is C27H28N2O5. The summed E-state index contributed by atoms with van der Waals surface area (Å²) in [6.45, 7) is 4.06. The van der Waals surface area contributed by atoms with Crippen LogP contribution in [0.3, 0.4) is 0 Å². The summed E-state index contributed by atoms with van der Waals surface area (Å²) in [6, 6.07) is 20.1. The van der Waals surface area contributed by atoms with Gasteiger partial charge in [-0.05, 0) is 30.4 Å². The Kier molecular flexibility index (Phi) is 8.03. The van der Waals surface area contributed by atoms with Crippen LogP contribution in [0.4, 0.5) is 0 Å². The molecule has 0 aliphatic heterocycles. The van der Waals surface area contributed by atoms with Crippen molar-refractivity contribution in [1.82, 2.24) is 4.57 Å². The maximum atomic E-state index is 12.8. The average molecular weight is 461 g/mol. The van der Waals surface area contributed by atoms with Gasteiger partial charge in [0.25, 0.3) is 0 Å². The highest BCUT2D eigenvalue weighted by molar-refractivity contribution is 6.18. The van der Waals surface area contributed by atoms with Gasteiger partial charge >= 0.3 is 5.97 Å². The largest absolute Gasteiger partial charge is 0.481 e. The molecular weight excluding hydrogens is 432 g/mol. The summed E-state index contributed by atoms with van der Waals surface area (Å²) in [7, 11) is 1.33. The van der Waals surface area contributed by atoms with E-state index in [4.69, 9.17) is 14.3 Å². The molecule has 0 atom stereocenters. The molecule has 7 nitrogen and oxygen atoms in total. The van der Waals surface area contributed by atoms with Crippen LogP contribution in [-0.2, 0) is 27.3 Å². The molecule has 1 aromatic heterocycles. The maximum Gasteiger partial charge on any atom is 0.343 e. The van der Waals surface area contributed by atoms with Crippen molar-refractivity contribution in [2.24, 2.45) is 5.73 Å². The number of methoxy groups -OCH3 is 1. The van der Waals surface area contributed by atoms with Crippen LogP contribution in [0.5, 0.6) is 5.75 Å². The van der Waals surface area contributed by atoms with Gasteiger partial charge in [-0.3, -0.25) is 9.59 Å². The van der Waals surface area contributed by atoms with Crippen molar-refractivity contribution in [3.63, 3.8) is 0 Å². The van der Waals surface area contributed by atoms with E-state index in [-0.39, 0.29) is 18.8 Å². The molecule has 0 bridgehead atoms. The first-order valence-corrected chi connectivity index (χ1v) is 10.9. The topological polar surface area (TPSA) is 101 Å². The summed E-state index contributed by atoms with van der Waals surface area (Å²) in [5.41, 5.74) is 7.88. The number of hydrogen-bond donors (Lipinski definition) is 1. The van der Waals surface area contributed by atoms with E-state index in [1.807, 2.05) is 42.5 Å². The monoisotopic (exact) mass is 460 g/mol. The number of carbonyl (C=O) groups is 3. The molecule has 3 aromatic carbocycles. The van der Waals surface area contributed by atoms with Crippen LogP contribution in [0.25, 0.3) is 21.7 Å². The third kappa shape index (κ3) is 4.93. The van der Waals surface area contributed by atoms with Crippen LogP contribution in [-0.4, -0.2) is 36.4 Å². The van der Waals surface area contributed by atoms with Gasteiger partial charge in [0.2, 0.25) is 6.41 Å². The fourth-order valence-electron chi connectivity index (χ4n) is 4.24. The molecule has 0 radical (unpaired) electrons. The number of primary amides is 1. The van der Waals surface area contributed by atoms with Gasteiger partial charge in [-0.1, -0.05) is 61.5 Å². The van der Waals surface area contributed by atoms with Crippen LogP contribution >= 0.6 is 0 Å². The second-order valence-corrected chi connectivity index (χ2v) is 7.62. The number of hydrogen-bond acceptors (Lipinski definition) is 5. The summed E-state index contributed by atoms with van der Waals surface area (Å²) >= 11 is 0. The van der Waals surface area contributed by atoms with Crippen molar-refractivity contribution in [2.45, 2.75) is 26.8 Å². The second kappa shape index (κ2) is 11.1. The van der Waals surface area contributed by atoms with Gasteiger partial charge in [-0.15, -0.1) is 0 Å². The molecule has 4 rings (SSSR count). The minimum absolute atomic E-state index is 0.0214. The van der Waals surface area contributed by atoms with Crippen LogP contribution in [0.15, 0.2) is 60.7 Å². The Balaban J connectivity index is 0.00000103. The molecule has 1 amide bonds. The van der Waals surface area contributed by atoms with Crippen molar-refractivity contribution in [2.75, 3.05) is 13.7 Å². The van der Waals surface area contributed by atoms with E-state index in [1.165, 1.54) is 7.11 Å². The SMILES string of the molecule is CCc1c(C(C)=O)c2c(OCC(=O)OC)cc3ccccc3c2n1Cc1ccccc1.NC=O. The number of ether oxygens (including phenoxy) is 2. The molecule has 0 fully saturated rings. The Morgan fingerprint density at radius 3 is 2.32 bits per heavy atom. The highest BCUT2D eigenvalue weighted by Gasteiger charge is 2.25. The number of nitrogens with two attached hydrogens (primary N) is 1. The first-order valence-electron chi connectivity index (χ1n) is 10.9. The third-order valence-corrected chi connectivity index (χ3v) is 5.56. The van der Waals surface area contributed by atoms with Crippen molar-refractivity contribution < 1.29 is 23.9 Å². The van der Waals surface area contributed by atoms with Gasteiger partial charge < -0.3 is 19.8 Å². The van der Waals surface area contributed by atoms with Gasteiger partial charge in [-0.25, -0.2) is 4.79 Å². The number of amides is 1. The summed E-state index contributed by atoms with van der Waals surface area (Å²) in [5.74, 6) is 0.0304. The number of aromatic nitrogens is 1. The number of esters is 1. The molecule has 7 heteroatoms. The molecule has 0 aliphatic carbocycles. The Morgan fingerprint density at radius 2 is 1.71 bits per heavy atom. The molecule has 4 aromatic rings. The summed E-state index contributed by atoms with van der Waals surface area (Å²) in [6.07, 6.45) is 0.946. The lowest BCUT2D eigenvalue weighted by Gasteiger charge is -2.13. The summed E-state index contributed by atoms with van der Waals surface area (Å²) < 4.78 is 12.9. The van der Waals surface area contributed by atoms with Crippen LogP contribution in [0.1, 0.15) is 35.5 Å². The van der Waals surface area contributed by atoms with Crippen molar-refractivity contribution in [3.05, 3.63) is 77.5 Å². The number of fused-ring (bicyclic) bond motifs is 3. The number of carbonyl (C=O) groups excluding carboxylic acids is 3. The smallest absolute Gasteiger partial charge is 0.343 e. The van der Waals surface area contributed by atoms with Gasteiger partial charge in [0, 0.05) is 23.2 Å². The predicted molar refractivity (Wildman–Crippen MR) is 132 cm³/mol. The Morgan fingerprint density at radius 1 is 1.06 bits per heavy atom. The number of ketones is 1. The molecule has 34 heavy (non-hydrogen) atoms. The lowest BCUT2D eigenvalue weighted by molar-refractivity contribution is -0.142. The van der Waals surface area contributed by atoms with Crippen LogP contribution in [0, 0.1) is 0 Å². The van der Waals surface area contributed by atoms with Crippen molar-refractivity contribution in [3.8, 4) is 5.75 Å². The van der Waals surface area contributed by atoms with Crippen LogP contribution < -0.4 is 10.5 Å². The van der Waals surface area contributed by atoms with E-state index in [0.29, 0.717) is 24.3 Å². The van der Waals surface area contributed by atoms with Crippen molar-refractivity contribution in [1.29, 1.82) is 0 Å². The fraction of sp³-hybridized carbons (Fsp3) is 0.222. The maximum absolute atomic E-state index is 12.8. The Hall–Kier alpha value is -4.13. The molecule has 0 unspecified atom stereocenters. The molecule has 0 saturated heterocycles. The number of benzene rings is 3. The number of nitrogens with zero attached hydrogens (tertiary/aromatic N) is 1. The molecule has 1 heterocycles. The highest BCUT2D eigenvalue weighted by Crippen LogP contribution is 2.40. The van der Waals surface area contributed by atoms with E-state index >= 15 is 0 Å². The molecule has 2 N–H and O–H groups in total. The van der Waals surface area contributed by atoms with Crippen molar-refractivity contribution >= 4 is 39.8 Å².